The molecule has 3 nitrogen and oxygen atoms in total. The molecule has 7 atom stereocenters. The van der Waals surface area contributed by atoms with E-state index in [1.54, 1.807) is 6.92 Å². The van der Waals surface area contributed by atoms with Crippen LogP contribution in [0.2, 0.25) is 0 Å². The number of rotatable bonds is 10. The van der Waals surface area contributed by atoms with Crippen LogP contribution in [0.25, 0.3) is 0 Å². The van der Waals surface area contributed by atoms with Crippen LogP contribution in [0.4, 0.5) is 0 Å². The summed E-state index contributed by atoms with van der Waals surface area (Å²) in [6, 6.07) is 0. The number of ketones is 1. The number of fused-ring (bicyclic) bond motifs is 5. The number of esters is 1. The van der Waals surface area contributed by atoms with E-state index in [0.29, 0.717) is 29.5 Å². The van der Waals surface area contributed by atoms with Gasteiger partial charge in [-0.3, -0.25) is 9.59 Å². The van der Waals surface area contributed by atoms with E-state index in [1.807, 2.05) is 0 Å². The average molecular weight is 471 g/mol. The summed E-state index contributed by atoms with van der Waals surface area (Å²) in [5.41, 5.74) is 1.61. The molecule has 3 saturated carbocycles. The summed E-state index contributed by atoms with van der Waals surface area (Å²) in [5.74, 6) is 3.20. The Labute approximate surface area is 208 Å². The predicted octanol–water partition coefficient (Wildman–Crippen LogP) is 8.21. The van der Waals surface area contributed by atoms with E-state index in [0.717, 1.165) is 49.5 Å². The first-order valence-electron chi connectivity index (χ1n) is 14.7. The van der Waals surface area contributed by atoms with Crippen LogP contribution in [0.5, 0.6) is 0 Å². The second-order valence-corrected chi connectivity index (χ2v) is 12.8. The highest BCUT2D eigenvalue weighted by atomic mass is 16.5. The number of carbonyl (C=O) groups excluding carboxylic acids is 2. The van der Waals surface area contributed by atoms with Gasteiger partial charge < -0.3 is 4.74 Å². The number of allylic oxidation sites excluding steroid dienone is 2. The lowest BCUT2D eigenvalue weighted by molar-refractivity contribution is -0.161. The van der Waals surface area contributed by atoms with Gasteiger partial charge in [0, 0.05) is 6.42 Å². The van der Waals surface area contributed by atoms with Crippen LogP contribution in [-0.4, -0.2) is 17.9 Å². The Hall–Kier alpha value is -1.12. The van der Waals surface area contributed by atoms with E-state index in [2.05, 4.69) is 26.8 Å². The molecule has 0 bridgehead atoms. The zero-order valence-corrected chi connectivity index (χ0v) is 22.5. The van der Waals surface area contributed by atoms with Crippen LogP contribution in [0.3, 0.4) is 0 Å². The van der Waals surface area contributed by atoms with Crippen molar-refractivity contribution in [2.24, 2.45) is 34.5 Å². The van der Waals surface area contributed by atoms with E-state index >= 15 is 0 Å². The molecular weight excluding hydrogens is 420 g/mol. The summed E-state index contributed by atoms with van der Waals surface area (Å²) < 4.78 is 6.01. The largest absolute Gasteiger partial charge is 0.462 e. The maximum Gasteiger partial charge on any atom is 0.306 e. The smallest absolute Gasteiger partial charge is 0.306 e. The number of Topliss-reactive ketones (excluding diaryl/α,β-unsaturated/α-hetero) is 1. The first-order chi connectivity index (χ1) is 16.3. The summed E-state index contributed by atoms with van der Waals surface area (Å²) in [6.07, 6.45) is 21.1. The minimum absolute atomic E-state index is 0.0399. The van der Waals surface area contributed by atoms with Gasteiger partial charge in [-0.25, -0.2) is 0 Å². The number of unbranched alkanes of at least 4 members (excludes halogenated alkanes) is 6. The van der Waals surface area contributed by atoms with E-state index in [4.69, 9.17) is 4.74 Å². The van der Waals surface area contributed by atoms with Crippen molar-refractivity contribution >= 4 is 11.8 Å². The zero-order chi connectivity index (χ0) is 24.3. The molecule has 0 unspecified atom stereocenters. The molecule has 0 spiro atoms. The molecule has 0 N–H and O–H groups in total. The van der Waals surface area contributed by atoms with Gasteiger partial charge in [-0.1, -0.05) is 65.4 Å². The van der Waals surface area contributed by atoms with Crippen molar-refractivity contribution in [2.45, 2.75) is 137 Å². The summed E-state index contributed by atoms with van der Waals surface area (Å²) >= 11 is 0. The third-order valence-corrected chi connectivity index (χ3v) is 10.9. The highest BCUT2D eigenvalue weighted by Gasteiger charge is 2.59. The van der Waals surface area contributed by atoms with Crippen LogP contribution in [-0.2, 0) is 14.3 Å². The van der Waals surface area contributed by atoms with Gasteiger partial charge in [0.25, 0.3) is 0 Å². The lowest BCUT2D eigenvalue weighted by atomic mass is 9.44. The van der Waals surface area contributed by atoms with E-state index in [-0.39, 0.29) is 17.5 Å². The second-order valence-electron chi connectivity index (χ2n) is 12.8. The van der Waals surface area contributed by atoms with Crippen molar-refractivity contribution < 1.29 is 14.3 Å². The zero-order valence-electron chi connectivity index (χ0n) is 22.5. The summed E-state index contributed by atoms with van der Waals surface area (Å²) in [7, 11) is 0. The fraction of sp³-hybridized carbons (Fsp3) is 0.871. The van der Waals surface area contributed by atoms with E-state index in [1.165, 1.54) is 64.2 Å². The minimum atomic E-state index is 0.0399. The fourth-order valence-corrected chi connectivity index (χ4v) is 8.91. The first-order valence-corrected chi connectivity index (χ1v) is 14.7. The number of ether oxygens (including phenoxy) is 1. The maximum absolute atomic E-state index is 12.5. The molecule has 0 aromatic heterocycles. The van der Waals surface area contributed by atoms with Gasteiger partial charge in [-0.2, -0.15) is 0 Å². The van der Waals surface area contributed by atoms with Gasteiger partial charge >= 0.3 is 5.97 Å². The number of carbonyl (C=O) groups is 2. The van der Waals surface area contributed by atoms with Gasteiger partial charge in [-0.05, 0) is 105 Å². The minimum Gasteiger partial charge on any atom is -0.462 e. The summed E-state index contributed by atoms with van der Waals surface area (Å²) in [6.45, 7) is 8.95. The van der Waals surface area contributed by atoms with Crippen molar-refractivity contribution in [2.75, 3.05) is 0 Å². The topological polar surface area (TPSA) is 43.4 Å². The molecule has 3 heteroatoms. The third kappa shape index (κ3) is 5.05. The molecule has 4 aliphatic rings. The van der Waals surface area contributed by atoms with Crippen LogP contribution in [0.1, 0.15) is 130 Å². The molecule has 34 heavy (non-hydrogen) atoms. The molecule has 192 valence electrons. The van der Waals surface area contributed by atoms with Crippen LogP contribution in [0, 0.1) is 34.5 Å². The Morgan fingerprint density at radius 1 is 0.941 bits per heavy atom. The summed E-state index contributed by atoms with van der Waals surface area (Å²) in [4.78, 5) is 24.8. The molecular formula is C31H50O3. The number of hydrogen-bond donors (Lipinski definition) is 0. The number of hydrogen-bond acceptors (Lipinski definition) is 3. The molecule has 0 aliphatic heterocycles. The van der Waals surface area contributed by atoms with E-state index in [9.17, 15) is 9.59 Å². The first kappa shape index (κ1) is 26.0. The molecule has 0 aromatic carbocycles. The molecule has 0 aromatic rings. The molecule has 0 saturated heterocycles. The van der Waals surface area contributed by atoms with Crippen LogP contribution >= 0.6 is 0 Å². The Morgan fingerprint density at radius 2 is 1.68 bits per heavy atom. The molecule has 3 fully saturated rings. The molecule has 0 radical (unpaired) electrons. The van der Waals surface area contributed by atoms with E-state index < -0.39 is 0 Å². The van der Waals surface area contributed by atoms with Crippen LogP contribution < -0.4 is 0 Å². The van der Waals surface area contributed by atoms with Gasteiger partial charge in [0.1, 0.15) is 6.10 Å². The van der Waals surface area contributed by atoms with Crippen molar-refractivity contribution in [3.05, 3.63) is 11.6 Å². The molecule has 4 rings (SSSR count). The molecule has 0 amide bonds. The lowest BCUT2D eigenvalue weighted by Gasteiger charge is -2.60. The second kappa shape index (κ2) is 10.9. The van der Waals surface area contributed by atoms with Crippen molar-refractivity contribution in [1.29, 1.82) is 0 Å². The predicted molar refractivity (Wildman–Crippen MR) is 138 cm³/mol. The third-order valence-electron chi connectivity index (χ3n) is 10.9. The molecule has 4 aliphatic carbocycles. The Balaban J connectivity index is 1.26. The quantitative estimate of drug-likeness (QED) is 0.239. The summed E-state index contributed by atoms with van der Waals surface area (Å²) in [5, 5.41) is 0. The SMILES string of the molecule is CCCCCCCCCC(=O)O[C@@H]1CC[C@@]2(C)[C@@H](CC[C@@H]3[C@@H]2CC[C@]2(C)C(C(C)=O)=CC[C@@H]32)C1. The van der Waals surface area contributed by atoms with Crippen LogP contribution in [0.15, 0.2) is 11.6 Å². The molecule has 0 heterocycles. The fourth-order valence-electron chi connectivity index (χ4n) is 8.91. The Morgan fingerprint density at radius 3 is 2.41 bits per heavy atom. The standard InChI is InChI=1S/C31H50O3/c1-5-6-7-8-9-10-11-12-29(33)34-24-17-19-30(3)23(21-24)13-14-25-27-16-15-26(22(2)32)31(27,4)20-18-28(25)30/h15,23-25,27-28H,5-14,16-21H2,1-4H3/t23-,24+,25-,27-,28-,30-,31+/m0/s1. The van der Waals surface area contributed by atoms with Gasteiger partial charge in [0.2, 0.25) is 0 Å². The van der Waals surface area contributed by atoms with Gasteiger partial charge in [-0.15, -0.1) is 0 Å². The Kier molecular flexibility index (Phi) is 8.30. The lowest BCUT2D eigenvalue weighted by Crippen LogP contribution is -2.54. The van der Waals surface area contributed by atoms with Crippen molar-refractivity contribution in [1.82, 2.24) is 0 Å². The average Bonchev–Trinajstić information content (AvgIpc) is 3.16. The monoisotopic (exact) mass is 470 g/mol. The van der Waals surface area contributed by atoms with Crippen molar-refractivity contribution in [3.8, 4) is 0 Å². The van der Waals surface area contributed by atoms with Crippen molar-refractivity contribution in [3.63, 3.8) is 0 Å². The Bertz CT molecular complexity index is 769. The van der Waals surface area contributed by atoms with Gasteiger partial charge in [0.05, 0.1) is 0 Å². The maximum atomic E-state index is 12.5. The highest BCUT2D eigenvalue weighted by Crippen LogP contribution is 2.66. The normalized spacial score (nSPS) is 38.9. The highest BCUT2D eigenvalue weighted by molar-refractivity contribution is 5.95. The van der Waals surface area contributed by atoms with Gasteiger partial charge in [0.15, 0.2) is 5.78 Å².